The zero-order valence-electron chi connectivity index (χ0n) is 10.8. The Balaban J connectivity index is 2.32. The molecule has 2 rings (SSSR count). The third-order valence-corrected chi connectivity index (χ3v) is 3.39. The number of hydrogen-bond donors (Lipinski definition) is 0. The second kappa shape index (κ2) is 6.24. The monoisotopic (exact) mass is 369 g/mol. The molecule has 0 spiro atoms. The van der Waals surface area contributed by atoms with Crippen LogP contribution >= 0.6 is 27.5 Å². The highest BCUT2D eigenvalue weighted by atomic mass is 79.9. The SMILES string of the molecule is CC(=O)c1ccc(Oc2cc(Br)cc([N+](=O)[O-])c2)cc1Cl. The molecule has 2 aromatic carbocycles. The van der Waals surface area contributed by atoms with Crippen molar-refractivity contribution in [3.05, 3.63) is 61.6 Å². The van der Waals surface area contributed by atoms with Crippen molar-refractivity contribution in [1.82, 2.24) is 0 Å². The van der Waals surface area contributed by atoms with Gasteiger partial charge in [0.05, 0.1) is 16.0 Å². The Hall–Kier alpha value is -1.92. The van der Waals surface area contributed by atoms with Crippen molar-refractivity contribution in [2.75, 3.05) is 0 Å². The average molecular weight is 371 g/mol. The van der Waals surface area contributed by atoms with Crippen molar-refractivity contribution in [1.29, 1.82) is 0 Å². The van der Waals surface area contributed by atoms with Crippen LogP contribution in [-0.4, -0.2) is 10.7 Å². The molecular formula is C14H9BrClNO4. The Bertz CT molecular complexity index is 733. The van der Waals surface area contributed by atoms with Gasteiger partial charge in [0.2, 0.25) is 0 Å². The van der Waals surface area contributed by atoms with Crippen LogP contribution in [0, 0.1) is 10.1 Å². The van der Waals surface area contributed by atoms with Gasteiger partial charge in [0.25, 0.3) is 5.69 Å². The van der Waals surface area contributed by atoms with E-state index in [1.807, 2.05) is 0 Å². The first kappa shape index (κ1) is 15.5. The Labute approximate surface area is 133 Å². The molecule has 0 amide bonds. The number of Topliss-reactive ketones (excluding diaryl/α,β-unsaturated/α-hetero) is 1. The normalized spacial score (nSPS) is 10.2. The number of carbonyl (C=O) groups is 1. The number of ketones is 1. The van der Waals surface area contributed by atoms with Crippen LogP contribution in [0.5, 0.6) is 11.5 Å². The van der Waals surface area contributed by atoms with Gasteiger partial charge in [-0.15, -0.1) is 0 Å². The van der Waals surface area contributed by atoms with Gasteiger partial charge in [0.15, 0.2) is 5.78 Å². The topological polar surface area (TPSA) is 69.4 Å². The highest BCUT2D eigenvalue weighted by Crippen LogP contribution is 2.31. The predicted octanol–water partition coefficient (Wildman–Crippen LogP) is 5.01. The molecule has 0 saturated carbocycles. The number of nitro groups is 1. The number of non-ortho nitro benzene ring substituents is 1. The number of ether oxygens (including phenoxy) is 1. The third kappa shape index (κ3) is 3.80. The molecule has 0 atom stereocenters. The summed E-state index contributed by atoms with van der Waals surface area (Å²) in [5, 5.41) is 11.1. The van der Waals surface area contributed by atoms with Crippen LogP contribution < -0.4 is 4.74 Å². The molecule has 108 valence electrons. The minimum Gasteiger partial charge on any atom is -0.457 e. The lowest BCUT2D eigenvalue weighted by Gasteiger charge is -2.08. The molecule has 0 aliphatic carbocycles. The summed E-state index contributed by atoms with van der Waals surface area (Å²) in [7, 11) is 0. The summed E-state index contributed by atoms with van der Waals surface area (Å²) in [6.45, 7) is 1.42. The maximum atomic E-state index is 11.3. The standard InChI is InChI=1S/C14H9BrClNO4/c1-8(18)13-3-2-11(7-14(13)16)21-12-5-9(15)4-10(6-12)17(19)20/h2-7H,1H3. The van der Waals surface area contributed by atoms with Gasteiger partial charge >= 0.3 is 0 Å². The Morgan fingerprint density at radius 1 is 1.24 bits per heavy atom. The first-order valence-electron chi connectivity index (χ1n) is 5.80. The van der Waals surface area contributed by atoms with E-state index in [4.69, 9.17) is 16.3 Å². The summed E-state index contributed by atoms with van der Waals surface area (Å²) in [6.07, 6.45) is 0. The second-order valence-corrected chi connectivity index (χ2v) is 5.53. The molecule has 0 aliphatic heterocycles. The summed E-state index contributed by atoms with van der Waals surface area (Å²) in [5.74, 6) is 0.532. The lowest BCUT2D eigenvalue weighted by atomic mass is 10.1. The molecule has 2 aromatic rings. The van der Waals surface area contributed by atoms with E-state index in [-0.39, 0.29) is 16.5 Å². The molecule has 0 saturated heterocycles. The molecule has 21 heavy (non-hydrogen) atoms. The van der Waals surface area contributed by atoms with Crippen molar-refractivity contribution < 1.29 is 14.5 Å². The fraction of sp³-hybridized carbons (Fsp3) is 0.0714. The molecule has 0 unspecified atom stereocenters. The molecular weight excluding hydrogens is 362 g/mol. The fourth-order valence-electron chi connectivity index (χ4n) is 1.69. The van der Waals surface area contributed by atoms with Crippen LogP contribution in [-0.2, 0) is 0 Å². The van der Waals surface area contributed by atoms with Gasteiger partial charge in [0.1, 0.15) is 11.5 Å². The minimum absolute atomic E-state index is 0.0918. The van der Waals surface area contributed by atoms with Crippen LogP contribution in [0.1, 0.15) is 17.3 Å². The molecule has 5 nitrogen and oxygen atoms in total. The molecule has 0 aromatic heterocycles. The van der Waals surface area contributed by atoms with Crippen LogP contribution in [0.2, 0.25) is 5.02 Å². The van der Waals surface area contributed by atoms with Crippen LogP contribution in [0.4, 0.5) is 5.69 Å². The highest BCUT2D eigenvalue weighted by Gasteiger charge is 2.11. The van der Waals surface area contributed by atoms with Gasteiger partial charge in [-0.1, -0.05) is 27.5 Å². The van der Waals surface area contributed by atoms with E-state index in [2.05, 4.69) is 15.9 Å². The van der Waals surface area contributed by atoms with E-state index in [0.29, 0.717) is 21.5 Å². The zero-order chi connectivity index (χ0) is 15.6. The number of carbonyl (C=O) groups excluding carboxylic acids is 1. The average Bonchev–Trinajstić information content (AvgIpc) is 2.37. The van der Waals surface area contributed by atoms with Gasteiger partial charge < -0.3 is 4.74 Å². The van der Waals surface area contributed by atoms with Gasteiger partial charge in [-0.3, -0.25) is 14.9 Å². The molecule has 0 bridgehead atoms. The largest absolute Gasteiger partial charge is 0.457 e. The Morgan fingerprint density at radius 2 is 1.95 bits per heavy atom. The van der Waals surface area contributed by atoms with Crippen LogP contribution in [0.25, 0.3) is 0 Å². The van der Waals surface area contributed by atoms with E-state index in [9.17, 15) is 14.9 Å². The van der Waals surface area contributed by atoms with E-state index < -0.39 is 4.92 Å². The summed E-state index contributed by atoms with van der Waals surface area (Å²) >= 11 is 9.17. The summed E-state index contributed by atoms with van der Waals surface area (Å²) < 4.78 is 6.06. The quantitative estimate of drug-likeness (QED) is 0.431. The number of benzene rings is 2. The number of hydrogen-bond acceptors (Lipinski definition) is 4. The van der Waals surface area contributed by atoms with Crippen molar-refractivity contribution in [2.45, 2.75) is 6.92 Å². The number of nitrogens with zero attached hydrogens (tertiary/aromatic N) is 1. The maximum Gasteiger partial charge on any atom is 0.274 e. The molecule has 0 N–H and O–H groups in total. The third-order valence-electron chi connectivity index (χ3n) is 2.62. The number of nitro benzene ring substituents is 1. The first-order chi connectivity index (χ1) is 9.86. The van der Waals surface area contributed by atoms with Crippen molar-refractivity contribution in [3.8, 4) is 11.5 Å². The van der Waals surface area contributed by atoms with E-state index in [1.165, 1.54) is 25.1 Å². The van der Waals surface area contributed by atoms with E-state index in [0.717, 1.165) is 0 Å². The summed E-state index contributed by atoms with van der Waals surface area (Å²) in [4.78, 5) is 21.6. The molecule has 0 aliphatic rings. The zero-order valence-corrected chi connectivity index (χ0v) is 13.1. The first-order valence-corrected chi connectivity index (χ1v) is 6.97. The maximum absolute atomic E-state index is 11.3. The van der Waals surface area contributed by atoms with Gasteiger partial charge in [-0.05, 0) is 25.1 Å². The lowest BCUT2D eigenvalue weighted by molar-refractivity contribution is -0.385. The summed E-state index contributed by atoms with van der Waals surface area (Å²) in [5.41, 5.74) is 0.301. The molecule has 0 fully saturated rings. The van der Waals surface area contributed by atoms with Gasteiger partial charge in [-0.2, -0.15) is 0 Å². The van der Waals surface area contributed by atoms with Crippen LogP contribution in [0.15, 0.2) is 40.9 Å². The van der Waals surface area contributed by atoms with Crippen molar-refractivity contribution >= 4 is 39.0 Å². The fourth-order valence-corrected chi connectivity index (χ4v) is 2.46. The summed E-state index contributed by atoms with van der Waals surface area (Å²) in [6, 6.07) is 8.89. The predicted molar refractivity (Wildman–Crippen MR) is 82.3 cm³/mol. The lowest BCUT2D eigenvalue weighted by Crippen LogP contribution is -1.94. The Morgan fingerprint density at radius 3 is 2.52 bits per heavy atom. The number of rotatable bonds is 4. The molecule has 0 heterocycles. The van der Waals surface area contributed by atoms with Crippen LogP contribution in [0.3, 0.4) is 0 Å². The second-order valence-electron chi connectivity index (χ2n) is 4.20. The smallest absolute Gasteiger partial charge is 0.274 e. The molecule has 7 heteroatoms. The highest BCUT2D eigenvalue weighted by molar-refractivity contribution is 9.10. The molecule has 0 radical (unpaired) electrons. The minimum atomic E-state index is -0.510. The van der Waals surface area contributed by atoms with Gasteiger partial charge in [-0.25, -0.2) is 0 Å². The van der Waals surface area contributed by atoms with Crippen molar-refractivity contribution in [2.24, 2.45) is 0 Å². The van der Waals surface area contributed by atoms with E-state index >= 15 is 0 Å². The van der Waals surface area contributed by atoms with E-state index in [1.54, 1.807) is 18.2 Å². The Kier molecular flexibility index (Phi) is 4.59. The van der Waals surface area contributed by atoms with Crippen molar-refractivity contribution in [3.63, 3.8) is 0 Å². The number of halogens is 2. The van der Waals surface area contributed by atoms with Gasteiger partial charge in [0, 0.05) is 22.2 Å².